The fourth-order valence-corrected chi connectivity index (χ4v) is 3.53. The van der Waals surface area contributed by atoms with Crippen molar-refractivity contribution < 1.29 is 9.47 Å². The van der Waals surface area contributed by atoms with Crippen LogP contribution in [0.1, 0.15) is 39.0 Å². The van der Waals surface area contributed by atoms with Gasteiger partial charge in [-0.3, -0.25) is 4.90 Å². The first kappa shape index (κ1) is 15.2. The van der Waals surface area contributed by atoms with Crippen molar-refractivity contribution in [3.8, 4) is 0 Å². The standard InChI is InChI=1S/C15H30N2O2/c1-14(12-18-2)16-13-15(6-4-3-5-7-15)17-8-10-19-11-9-17/h14,16H,3-13H2,1-2H3. The number of nitrogens with zero attached hydrogens (tertiary/aromatic N) is 1. The topological polar surface area (TPSA) is 33.7 Å². The summed E-state index contributed by atoms with van der Waals surface area (Å²) in [5.41, 5.74) is 0.365. The minimum absolute atomic E-state index is 0.365. The van der Waals surface area contributed by atoms with Gasteiger partial charge in [-0.2, -0.15) is 0 Å². The number of ether oxygens (including phenoxy) is 2. The Labute approximate surface area is 117 Å². The summed E-state index contributed by atoms with van der Waals surface area (Å²) in [6.07, 6.45) is 6.81. The van der Waals surface area contributed by atoms with Gasteiger partial charge in [0.1, 0.15) is 0 Å². The van der Waals surface area contributed by atoms with E-state index in [2.05, 4.69) is 17.1 Å². The normalized spacial score (nSPS) is 26.2. The molecule has 4 heteroatoms. The molecule has 1 aliphatic carbocycles. The Bertz CT molecular complexity index is 249. The van der Waals surface area contributed by atoms with Crippen LogP contribution in [0.15, 0.2) is 0 Å². The quantitative estimate of drug-likeness (QED) is 0.796. The molecule has 2 rings (SSSR count). The molecule has 1 N–H and O–H groups in total. The summed E-state index contributed by atoms with van der Waals surface area (Å²) >= 11 is 0. The molecule has 19 heavy (non-hydrogen) atoms. The minimum atomic E-state index is 0.365. The molecule has 0 aromatic carbocycles. The molecule has 0 amide bonds. The second-order valence-corrected chi connectivity index (χ2v) is 6.12. The van der Waals surface area contributed by atoms with E-state index in [9.17, 15) is 0 Å². The molecular weight excluding hydrogens is 240 g/mol. The molecule has 1 saturated heterocycles. The summed E-state index contributed by atoms with van der Waals surface area (Å²) in [5.74, 6) is 0. The van der Waals surface area contributed by atoms with Gasteiger partial charge in [0.15, 0.2) is 0 Å². The van der Waals surface area contributed by atoms with Gasteiger partial charge in [0.05, 0.1) is 19.8 Å². The first-order valence-corrected chi connectivity index (χ1v) is 7.82. The summed E-state index contributed by atoms with van der Waals surface area (Å²) in [7, 11) is 1.77. The molecule has 0 aromatic heterocycles. The largest absolute Gasteiger partial charge is 0.383 e. The van der Waals surface area contributed by atoms with Crippen LogP contribution in [0.3, 0.4) is 0 Å². The molecule has 112 valence electrons. The molecule has 0 spiro atoms. The van der Waals surface area contributed by atoms with Gasteiger partial charge < -0.3 is 14.8 Å². The zero-order chi connectivity index (χ0) is 13.6. The third kappa shape index (κ3) is 4.15. The van der Waals surface area contributed by atoms with Crippen molar-refractivity contribution in [1.29, 1.82) is 0 Å². The Morgan fingerprint density at radius 1 is 1.21 bits per heavy atom. The molecule has 0 bridgehead atoms. The van der Waals surface area contributed by atoms with Crippen LogP contribution >= 0.6 is 0 Å². The van der Waals surface area contributed by atoms with E-state index in [4.69, 9.17) is 9.47 Å². The highest BCUT2D eigenvalue weighted by Gasteiger charge is 2.38. The van der Waals surface area contributed by atoms with Crippen molar-refractivity contribution in [2.45, 2.75) is 50.6 Å². The number of hydrogen-bond donors (Lipinski definition) is 1. The predicted octanol–water partition coefficient (Wildman–Crippen LogP) is 1.65. The third-order valence-corrected chi connectivity index (χ3v) is 4.66. The average Bonchev–Trinajstić information content (AvgIpc) is 2.47. The lowest BCUT2D eigenvalue weighted by Crippen LogP contribution is -2.60. The Kier molecular flexibility index (Phi) is 6.07. The van der Waals surface area contributed by atoms with E-state index in [0.717, 1.165) is 39.5 Å². The van der Waals surface area contributed by atoms with Crippen molar-refractivity contribution in [3.63, 3.8) is 0 Å². The van der Waals surface area contributed by atoms with Crippen LogP contribution in [-0.4, -0.2) is 63.0 Å². The lowest BCUT2D eigenvalue weighted by molar-refractivity contribution is -0.0382. The number of rotatable bonds is 6. The highest BCUT2D eigenvalue weighted by atomic mass is 16.5. The van der Waals surface area contributed by atoms with Gasteiger partial charge in [-0.15, -0.1) is 0 Å². The van der Waals surface area contributed by atoms with Crippen LogP contribution in [0.2, 0.25) is 0 Å². The summed E-state index contributed by atoms with van der Waals surface area (Å²) in [6, 6.07) is 0.435. The van der Waals surface area contributed by atoms with Gasteiger partial charge in [0.2, 0.25) is 0 Å². The van der Waals surface area contributed by atoms with Gasteiger partial charge in [0.25, 0.3) is 0 Å². The number of methoxy groups -OCH3 is 1. The summed E-state index contributed by atoms with van der Waals surface area (Å²) in [4.78, 5) is 2.68. The van der Waals surface area contributed by atoms with E-state index in [-0.39, 0.29) is 0 Å². The molecule has 4 nitrogen and oxygen atoms in total. The molecule has 1 atom stereocenters. The molecular formula is C15H30N2O2. The van der Waals surface area contributed by atoms with E-state index in [1.54, 1.807) is 7.11 Å². The molecule has 1 unspecified atom stereocenters. The predicted molar refractivity (Wildman–Crippen MR) is 77.5 cm³/mol. The van der Waals surface area contributed by atoms with Crippen molar-refractivity contribution in [3.05, 3.63) is 0 Å². The molecule has 1 heterocycles. The monoisotopic (exact) mass is 270 g/mol. The van der Waals surface area contributed by atoms with Crippen LogP contribution < -0.4 is 5.32 Å². The van der Waals surface area contributed by atoms with E-state index >= 15 is 0 Å². The Morgan fingerprint density at radius 2 is 1.89 bits per heavy atom. The van der Waals surface area contributed by atoms with Crippen LogP contribution in [0, 0.1) is 0 Å². The summed E-state index contributed by atoms with van der Waals surface area (Å²) < 4.78 is 10.7. The molecule has 0 aromatic rings. The molecule has 0 radical (unpaired) electrons. The van der Waals surface area contributed by atoms with E-state index in [1.165, 1.54) is 32.1 Å². The van der Waals surface area contributed by atoms with Crippen molar-refractivity contribution in [2.75, 3.05) is 46.6 Å². The second kappa shape index (κ2) is 7.58. The maximum atomic E-state index is 5.52. The van der Waals surface area contributed by atoms with Crippen molar-refractivity contribution in [2.24, 2.45) is 0 Å². The summed E-state index contributed by atoms with van der Waals surface area (Å²) in [5, 5.41) is 3.68. The van der Waals surface area contributed by atoms with Crippen molar-refractivity contribution in [1.82, 2.24) is 10.2 Å². The lowest BCUT2D eigenvalue weighted by atomic mass is 9.79. The Balaban J connectivity index is 1.93. The zero-order valence-electron chi connectivity index (χ0n) is 12.6. The molecule has 1 aliphatic heterocycles. The Morgan fingerprint density at radius 3 is 2.53 bits per heavy atom. The average molecular weight is 270 g/mol. The first-order valence-electron chi connectivity index (χ1n) is 7.82. The second-order valence-electron chi connectivity index (χ2n) is 6.12. The van der Waals surface area contributed by atoms with Gasteiger partial charge in [-0.05, 0) is 19.8 Å². The van der Waals surface area contributed by atoms with E-state index in [1.807, 2.05) is 0 Å². The SMILES string of the molecule is COCC(C)NCC1(N2CCOCC2)CCCCC1. The van der Waals surface area contributed by atoms with Crippen LogP contribution in [0.25, 0.3) is 0 Å². The van der Waals surface area contributed by atoms with Gasteiger partial charge in [-0.25, -0.2) is 0 Å². The molecule has 2 fully saturated rings. The first-order chi connectivity index (χ1) is 9.27. The van der Waals surface area contributed by atoms with Crippen LogP contribution in [0.4, 0.5) is 0 Å². The van der Waals surface area contributed by atoms with Crippen LogP contribution in [-0.2, 0) is 9.47 Å². The fraction of sp³-hybridized carbons (Fsp3) is 1.00. The zero-order valence-corrected chi connectivity index (χ0v) is 12.6. The smallest absolute Gasteiger partial charge is 0.0613 e. The van der Waals surface area contributed by atoms with Gasteiger partial charge >= 0.3 is 0 Å². The third-order valence-electron chi connectivity index (χ3n) is 4.66. The summed E-state index contributed by atoms with van der Waals surface area (Å²) in [6.45, 7) is 8.08. The van der Waals surface area contributed by atoms with Gasteiger partial charge in [0, 0.05) is 38.3 Å². The lowest BCUT2D eigenvalue weighted by Gasteiger charge is -2.48. The van der Waals surface area contributed by atoms with E-state index < -0.39 is 0 Å². The van der Waals surface area contributed by atoms with E-state index in [0.29, 0.717) is 11.6 Å². The minimum Gasteiger partial charge on any atom is -0.383 e. The highest BCUT2D eigenvalue weighted by molar-refractivity contribution is 4.96. The highest BCUT2D eigenvalue weighted by Crippen LogP contribution is 2.33. The fourth-order valence-electron chi connectivity index (χ4n) is 3.53. The molecule has 2 aliphatic rings. The number of hydrogen-bond acceptors (Lipinski definition) is 4. The maximum Gasteiger partial charge on any atom is 0.0613 e. The number of morpholine rings is 1. The Hall–Kier alpha value is -0.160. The maximum absolute atomic E-state index is 5.52. The number of nitrogens with one attached hydrogen (secondary N) is 1. The van der Waals surface area contributed by atoms with Crippen molar-refractivity contribution >= 4 is 0 Å². The van der Waals surface area contributed by atoms with Gasteiger partial charge in [-0.1, -0.05) is 19.3 Å². The van der Waals surface area contributed by atoms with Crippen LogP contribution in [0.5, 0.6) is 0 Å². The molecule has 1 saturated carbocycles.